The highest BCUT2D eigenvalue weighted by Crippen LogP contribution is 2.41. The Labute approximate surface area is 93.9 Å². The first kappa shape index (κ1) is 10.9. The van der Waals surface area contributed by atoms with Gasteiger partial charge in [-0.05, 0) is 43.4 Å². The second-order valence-corrected chi connectivity index (χ2v) is 4.96. The van der Waals surface area contributed by atoms with Crippen LogP contribution in [0.2, 0.25) is 5.02 Å². The minimum atomic E-state index is -0.679. The van der Waals surface area contributed by atoms with Gasteiger partial charge in [0.15, 0.2) is 0 Å². The van der Waals surface area contributed by atoms with Crippen molar-refractivity contribution in [3.63, 3.8) is 0 Å². The molecule has 0 bridgehead atoms. The molecule has 1 aromatic rings. The number of hydrogen-bond donors (Lipinski definition) is 1. The van der Waals surface area contributed by atoms with Gasteiger partial charge >= 0.3 is 0 Å². The first-order chi connectivity index (χ1) is 6.99. The third-order valence-corrected chi connectivity index (χ3v) is 3.29. The summed E-state index contributed by atoms with van der Waals surface area (Å²) in [4.78, 5) is 0. The summed E-state index contributed by atoms with van der Waals surface area (Å²) in [7, 11) is 0. The molecule has 3 heteroatoms. The zero-order valence-corrected chi connectivity index (χ0v) is 9.39. The molecule has 82 valence electrons. The van der Waals surface area contributed by atoms with Gasteiger partial charge in [-0.1, -0.05) is 17.7 Å². The smallest absolute Gasteiger partial charge is 0.141 e. The van der Waals surface area contributed by atoms with Gasteiger partial charge < -0.3 is 5.11 Å². The van der Waals surface area contributed by atoms with Crippen LogP contribution in [0.4, 0.5) is 4.39 Å². The SMILES string of the molecule is CC(O)(Cc1ccc(F)c(Cl)c1)C1CC1. The van der Waals surface area contributed by atoms with Crippen molar-refractivity contribution in [1.29, 1.82) is 0 Å². The molecule has 1 aromatic carbocycles. The highest BCUT2D eigenvalue weighted by Gasteiger charge is 2.39. The molecule has 1 N–H and O–H groups in total. The van der Waals surface area contributed by atoms with Crippen molar-refractivity contribution in [3.8, 4) is 0 Å². The topological polar surface area (TPSA) is 20.2 Å². The van der Waals surface area contributed by atoms with E-state index in [-0.39, 0.29) is 5.02 Å². The van der Waals surface area contributed by atoms with Crippen molar-refractivity contribution in [2.75, 3.05) is 0 Å². The Morgan fingerprint density at radius 1 is 1.53 bits per heavy atom. The summed E-state index contributed by atoms with van der Waals surface area (Å²) in [6.45, 7) is 1.84. The summed E-state index contributed by atoms with van der Waals surface area (Å²) in [5.74, 6) is -0.0205. The molecule has 1 aliphatic carbocycles. The summed E-state index contributed by atoms with van der Waals surface area (Å²) in [6.07, 6.45) is 2.71. The van der Waals surface area contributed by atoms with E-state index in [2.05, 4.69) is 0 Å². The molecule has 0 radical (unpaired) electrons. The molecule has 0 heterocycles. The fourth-order valence-corrected chi connectivity index (χ4v) is 2.12. The van der Waals surface area contributed by atoms with Gasteiger partial charge in [-0.3, -0.25) is 0 Å². The maximum atomic E-state index is 12.9. The molecule has 1 fully saturated rings. The predicted octanol–water partition coefficient (Wildman–Crippen LogP) is 3.18. The maximum Gasteiger partial charge on any atom is 0.141 e. The molecule has 15 heavy (non-hydrogen) atoms. The van der Waals surface area contributed by atoms with Crippen LogP contribution in [0.5, 0.6) is 0 Å². The Kier molecular flexibility index (Phi) is 2.73. The maximum absolute atomic E-state index is 12.9. The van der Waals surface area contributed by atoms with Crippen LogP contribution >= 0.6 is 11.6 Å². The second-order valence-electron chi connectivity index (χ2n) is 4.56. The predicted molar refractivity (Wildman–Crippen MR) is 58.5 cm³/mol. The quantitative estimate of drug-likeness (QED) is 0.843. The number of hydrogen-bond acceptors (Lipinski definition) is 1. The van der Waals surface area contributed by atoms with Crippen LogP contribution in [0, 0.1) is 11.7 Å². The number of rotatable bonds is 3. The minimum absolute atomic E-state index is 0.124. The molecular formula is C12H14ClFO. The third-order valence-electron chi connectivity index (χ3n) is 3.00. The molecule has 0 aromatic heterocycles. The zero-order valence-electron chi connectivity index (χ0n) is 8.63. The Morgan fingerprint density at radius 3 is 2.73 bits per heavy atom. The summed E-state index contributed by atoms with van der Waals surface area (Å²) in [6, 6.07) is 4.62. The minimum Gasteiger partial charge on any atom is -0.390 e. The molecule has 2 rings (SSSR count). The Morgan fingerprint density at radius 2 is 2.20 bits per heavy atom. The average molecular weight is 229 g/mol. The van der Waals surface area contributed by atoms with Crippen molar-refractivity contribution in [2.45, 2.75) is 31.8 Å². The Hall–Kier alpha value is -0.600. The molecule has 0 saturated heterocycles. The first-order valence-corrected chi connectivity index (χ1v) is 5.53. The van der Waals surface area contributed by atoms with E-state index in [1.54, 1.807) is 12.1 Å². The van der Waals surface area contributed by atoms with Crippen molar-refractivity contribution in [1.82, 2.24) is 0 Å². The fraction of sp³-hybridized carbons (Fsp3) is 0.500. The van der Waals surface area contributed by atoms with E-state index in [0.717, 1.165) is 18.4 Å². The highest BCUT2D eigenvalue weighted by molar-refractivity contribution is 6.30. The Balaban J connectivity index is 2.13. The van der Waals surface area contributed by atoms with Gasteiger partial charge in [-0.25, -0.2) is 4.39 Å². The molecule has 0 spiro atoms. The van der Waals surface area contributed by atoms with E-state index < -0.39 is 11.4 Å². The van der Waals surface area contributed by atoms with Crippen LogP contribution in [-0.4, -0.2) is 10.7 Å². The van der Waals surface area contributed by atoms with E-state index in [9.17, 15) is 9.50 Å². The molecule has 0 amide bonds. The second kappa shape index (κ2) is 3.76. The lowest BCUT2D eigenvalue weighted by Gasteiger charge is -2.23. The standard InChI is InChI=1S/C12H14ClFO/c1-12(15,9-3-4-9)7-8-2-5-11(14)10(13)6-8/h2,5-6,9,15H,3-4,7H2,1H3. The van der Waals surface area contributed by atoms with Crippen molar-refractivity contribution in [2.24, 2.45) is 5.92 Å². The summed E-state index contributed by atoms with van der Waals surface area (Å²) < 4.78 is 12.9. The summed E-state index contributed by atoms with van der Waals surface area (Å²) in [5, 5.41) is 10.3. The molecule has 1 saturated carbocycles. The van der Waals surface area contributed by atoms with Gasteiger partial charge in [-0.2, -0.15) is 0 Å². The van der Waals surface area contributed by atoms with Gasteiger partial charge in [0, 0.05) is 6.42 Å². The molecule has 1 atom stereocenters. The fourth-order valence-electron chi connectivity index (χ4n) is 1.91. The number of aliphatic hydroxyl groups is 1. The van der Waals surface area contributed by atoms with E-state index >= 15 is 0 Å². The van der Waals surface area contributed by atoms with Crippen LogP contribution in [-0.2, 0) is 6.42 Å². The average Bonchev–Trinajstić information content (AvgIpc) is 2.93. The van der Waals surface area contributed by atoms with Crippen LogP contribution < -0.4 is 0 Å². The molecule has 1 nitrogen and oxygen atoms in total. The van der Waals surface area contributed by atoms with Gasteiger partial charge in [0.05, 0.1) is 10.6 Å². The third kappa shape index (κ3) is 2.50. The summed E-state index contributed by atoms with van der Waals surface area (Å²) >= 11 is 5.68. The van der Waals surface area contributed by atoms with Crippen LogP contribution in [0.3, 0.4) is 0 Å². The van der Waals surface area contributed by atoms with E-state index in [4.69, 9.17) is 11.6 Å². The lowest BCUT2D eigenvalue weighted by atomic mass is 9.92. The van der Waals surface area contributed by atoms with Gasteiger partial charge in [0.1, 0.15) is 5.82 Å². The molecular weight excluding hydrogens is 215 g/mol. The highest BCUT2D eigenvalue weighted by atomic mass is 35.5. The Bertz CT molecular complexity index is 372. The van der Waals surface area contributed by atoms with E-state index in [1.165, 1.54) is 6.07 Å². The van der Waals surface area contributed by atoms with Gasteiger partial charge in [0.2, 0.25) is 0 Å². The zero-order chi connectivity index (χ0) is 11.1. The lowest BCUT2D eigenvalue weighted by Crippen LogP contribution is -2.29. The molecule has 1 aliphatic rings. The molecule has 0 aliphatic heterocycles. The van der Waals surface area contributed by atoms with Gasteiger partial charge in [0.25, 0.3) is 0 Å². The van der Waals surface area contributed by atoms with Crippen LogP contribution in [0.25, 0.3) is 0 Å². The monoisotopic (exact) mass is 228 g/mol. The van der Waals surface area contributed by atoms with E-state index in [1.807, 2.05) is 6.92 Å². The molecule has 1 unspecified atom stereocenters. The van der Waals surface area contributed by atoms with E-state index in [0.29, 0.717) is 12.3 Å². The van der Waals surface area contributed by atoms with Gasteiger partial charge in [-0.15, -0.1) is 0 Å². The number of benzene rings is 1. The largest absolute Gasteiger partial charge is 0.390 e. The van der Waals surface area contributed by atoms with Crippen molar-refractivity contribution >= 4 is 11.6 Å². The summed E-state index contributed by atoms with van der Waals surface area (Å²) in [5.41, 5.74) is 0.208. The number of halogens is 2. The van der Waals surface area contributed by atoms with Crippen LogP contribution in [0.1, 0.15) is 25.3 Å². The van der Waals surface area contributed by atoms with Crippen molar-refractivity contribution < 1.29 is 9.50 Å². The first-order valence-electron chi connectivity index (χ1n) is 5.15. The normalized spacial score (nSPS) is 20.0. The van der Waals surface area contributed by atoms with Crippen molar-refractivity contribution in [3.05, 3.63) is 34.6 Å². The lowest BCUT2D eigenvalue weighted by molar-refractivity contribution is 0.0372. The van der Waals surface area contributed by atoms with Crippen LogP contribution in [0.15, 0.2) is 18.2 Å².